The molecular formula is C36H86O11Si8. The maximum absolute atomic E-state index is 7.53. The van der Waals surface area contributed by atoms with Crippen molar-refractivity contribution in [1.82, 2.24) is 0 Å². The fourth-order valence-electron chi connectivity index (χ4n) is 6.21. The molecule has 11 nitrogen and oxygen atoms in total. The summed E-state index contributed by atoms with van der Waals surface area (Å²) in [6.07, 6.45) is -4.49. The van der Waals surface area contributed by atoms with Crippen molar-refractivity contribution in [3.8, 4) is 0 Å². The first-order valence-electron chi connectivity index (χ1n) is 20.5. The molecule has 0 aromatic heterocycles. The maximum Gasteiger partial charge on any atom is 0.221 e. The minimum absolute atomic E-state index is 0.136. The Balaban J connectivity index is 2.98. The van der Waals surface area contributed by atoms with Gasteiger partial charge >= 0.3 is 0 Å². The summed E-state index contributed by atoms with van der Waals surface area (Å²) in [5, 5.41) is 0. The van der Waals surface area contributed by atoms with Gasteiger partial charge in [0.05, 0.1) is 19.8 Å². The van der Waals surface area contributed by atoms with Crippen molar-refractivity contribution < 1.29 is 49.6 Å². The summed E-state index contributed by atoms with van der Waals surface area (Å²) >= 11 is 0. The van der Waals surface area contributed by atoms with Crippen LogP contribution in [0.25, 0.3) is 0 Å². The average Bonchev–Trinajstić information content (AvgIpc) is 3.15. The number of rotatable bonds is 21. The van der Waals surface area contributed by atoms with Crippen LogP contribution < -0.4 is 0 Å². The third kappa shape index (κ3) is 19.7. The molecule has 0 aromatic carbocycles. The van der Waals surface area contributed by atoms with E-state index in [1.54, 1.807) is 0 Å². The normalized spacial score (nSPS) is 31.0. The first-order valence-corrected chi connectivity index (χ1v) is 47.8. The van der Waals surface area contributed by atoms with Crippen LogP contribution in [0.5, 0.6) is 0 Å². The lowest BCUT2D eigenvalue weighted by atomic mass is 9.99. The molecule has 0 bridgehead atoms. The second-order valence-corrected chi connectivity index (χ2v) is 59.1. The van der Waals surface area contributed by atoms with Crippen molar-refractivity contribution >= 4 is 66.5 Å². The molecule has 2 aliphatic rings. The van der Waals surface area contributed by atoms with E-state index in [4.69, 9.17) is 49.6 Å². The van der Waals surface area contributed by atoms with E-state index in [-0.39, 0.29) is 6.61 Å². The summed E-state index contributed by atoms with van der Waals surface area (Å²) in [5.41, 5.74) is 0. The average molecular weight is 920 g/mol. The van der Waals surface area contributed by atoms with Gasteiger partial charge in [-0.1, -0.05) is 0 Å². The molecule has 2 aliphatic heterocycles. The van der Waals surface area contributed by atoms with Crippen molar-refractivity contribution in [2.24, 2.45) is 0 Å². The Kier molecular flexibility index (Phi) is 17.9. The van der Waals surface area contributed by atoms with Crippen LogP contribution in [0, 0.1) is 0 Å². The van der Waals surface area contributed by atoms with Gasteiger partial charge in [-0.25, -0.2) is 0 Å². The Morgan fingerprint density at radius 1 is 0.382 bits per heavy atom. The highest BCUT2D eigenvalue weighted by Gasteiger charge is 2.63. The molecule has 0 spiro atoms. The standard InChI is InChI=1S/C36H86O11Si8/c1-48(2,3)37-25-28-30(43-51(10,11)12)32(45-53(16,17)18)33(46-54(19,20)21)35(40-28)42-36(27-39-50(7,8)9)34(47-55(22,23)24)31(44-52(13,14)15)29(41-36)26-38-49(4,5)6/h28-35H,25-27H2,1-24H3/t28-,29-,30-,31-,32+,33-,34+,35?,36+/m1/s1. The van der Waals surface area contributed by atoms with Crippen molar-refractivity contribution in [2.45, 2.75) is 212 Å². The van der Waals surface area contributed by atoms with Crippen LogP contribution in [-0.2, 0) is 49.6 Å². The topological polar surface area (TPSA) is 102 Å². The molecule has 2 saturated heterocycles. The molecule has 1 unspecified atom stereocenters. The van der Waals surface area contributed by atoms with E-state index in [9.17, 15) is 0 Å². The molecule has 2 fully saturated rings. The molecule has 55 heavy (non-hydrogen) atoms. The lowest BCUT2D eigenvalue weighted by Gasteiger charge is -2.52. The SMILES string of the molecule is C[Si](C)(C)OC[C@H]1O[C@@](CO[Si](C)(C)C)(OC2O[C@H](CO[Si](C)(C)C)[C@@H](O[Si](C)(C)C)[C@H](O[Si](C)(C)C)[C@H]2O[Si](C)(C)C)[C@@H](O[Si](C)(C)C)[C@@H]1O[Si](C)(C)C. The Labute approximate surface area is 346 Å². The molecule has 2 rings (SSSR count). The van der Waals surface area contributed by atoms with Crippen LogP contribution in [-0.4, -0.2) is 141 Å². The predicted molar refractivity (Wildman–Crippen MR) is 246 cm³/mol. The Morgan fingerprint density at radius 2 is 0.745 bits per heavy atom. The van der Waals surface area contributed by atoms with Crippen molar-refractivity contribution in [3.63, 3.8) is 0 Å². The molecule has 19 heteroatoms. The molecule has 0 aliphatic carbocycles. The fraction of sp³-hybridized carbons (Fsp3) is 1.00. The van der Waals surface area contributed by atoms with Crippen molar-refractivity contribution in [3.05, 3.63) is 0 Å². The van der Waals surface area contributed by atoms with Gasteiger partial charge in [0, 0.05) is 0 Å². The molecule has 9 atom stereocenters. The molecule has 0 N–H and O–H groups in total. The second-order valence-electron chi connectivity index (χ2n) is 23.3. The van der Waals surface area contributed by atoms with E-state index in [2.05, 4.69) is 157 Å². The van der Waals surface area contributed by atoms with Crippen LogP contribution in [0.3, 0.4) is 0 Å². The Hall–Kier alpha value is 1.30. The van der Waals surface area contributed by atoms with Crippen LogP contribution in [0.2, 0.25) is 157 Å². The number of ether oxygens (including phenoxy) is 3. The Morgan fingerprint density at radius 3 is 1.15 bits per heavy atom. The van der Waals surface area contributed by atoms with Gasteiger partial charge in [-0.3, -0.25) is 0 Å². The smallest absolute Gasteiger partial charge is 0.221 e. The minimum atomic E-state index is -2.26. The van der Waals surface area contributed by atoms with Gasteiger partial charge in [-0.2, -0.15) is 0 Å². The quantitative estimate of drug-likeness (QED) is 0.103. The van der Waals surface area contributed by atoms with E-state index >= 15 is 0 Å². The molecule has 0 amide bonds. The summed E-state index contributed by atoms with van der Waals surface area (Å²) in [7, 11) is -17.0. The van der Waals surface area contributed by atoms with Crippen LogP contribution in [0.15, 0.2) is 0 Å². The van der Waals surface area contributed by atoms with E-state index in [1.807, 2.05) is 0 Å². The monoisotopic (exact) mass is 918 g/mol. The van der Waals surface area contributed by atoms with Crippen LogP contribution >= 0.6 is 0 Å². The molecule has 2 heterocycles. The third-order valence-electron chi connectivity index (χ3n) is 7.86. The lowest BCUT2D eigenvalue weighted by Crippen LogP contribution is -2.68. The first kappa shape index (κ1) is 52.4. The van der Waals surface area contributed by atoms with Crippen LogP contribution in [0.4, 0.5) is 0 Å². The van der Waals surface area contributed by atoms with Gasteiger partial charge in [-0.15, -0.1) is 0 Å². The molecule has 0 aromatic rings. The zero-order valence-electron chi connectivity index (χ0n) is 39.7. The van der Waals surface area contributed by atoms with E-state index in [1.165, 1.54) is 0 Å². The molecule has 0 radical (unpaired) electrons. The summed E-state index contributed by atoms with van der Waals surface area (Å²) in [4.78, 5) is 0. The van der Waals surface area contributed by atoms with Gasteiger partial charge in [0.1, 0.15) is 42.7 Å². The van der Waals surface area contributed by atoms with Gasteiger partial charge in [0.25, 0.3) is 0 Å². The summed E-state index contributed by atoms with van der Waals surface area (Å²) in [6, 6.07) is 0. The molecular weight excluding hydrogens is 833 g/mol. The second kappa shape index (κ2) is 18.7. The van der Waals surface area contributed by atoms with Gasteiger partial charge < -0.3 is 49.6 Å². The van der Waals surface area contributed by atoms with Gasteiger partial charge in [0.2, 0.25) is 5.79 Å². The largest absolute Gasteiger partial charge is 0.415 e. The van der Waals surface area contributed by atoms with Crippen molar-refractivity contribution in [2.75, 3.05) is 19.8 Å². The lowest BCUT2D eigenvalue weighted by molar-refractivity contribution is -0.376. The highest BCUT2D eigenvalue weighted by Crippen LogP contribution is 2.44. The molecule has 328 valence electrons. The third-order valence-corrected chi connectivity index (χ3v) is 15.8. The highest BCUT2D eigenvalue weighted by molar-refractivity contribution is 6.72. The van der Waals surface area contributed by atoms with E-state index in [0.29, 0.717) is 13.2 Å². The highest BCUT2D eigenvalue weighted by atomic mass is 28.4. The van der Waals surface area contributed by atoms with Gasteiger partial charge in [0.15, 0.2) is 72.8 Å². The van der Waals surface area contributed by atoms with E-state index < -0.39 is 121 Å². The summed E-state index contributed by atoms with van der Waals surface area (Å²) in [6.45, 7) is 53.6. The fourth-order valence-corrected chi connectivity index (χ4v) is 13.6. The summed E-state index contributed by atoms with van der Waals surface area (Å²) in [5.74, 6) is -1.41. The van der Waals surface area contributed by atoms with Crippen molar-refractivity contribution in [1.29, 1.82) is 0 Å². The zero-order valence-corrected chi connectivity index (χ0v) is 47.7. The van der Waals surface area contributed by atoms with Gasteiger partial charge in [-0.05, 0) is 157 Å². The summed E-state index contributed by atoms with van der Waals surface area (Å²) < 4.78 is 77.8. The minimum Gasteiger partial charge on any atom is -0.415 e. The zero-order chi connectivity index (χ0) is 43.0. The number of hydrogen-bond donors (Lipinski definition) is 0. The Bertz CT molecular complexity index is 1190. The molecule has 0 saturated carbocycles. The van der Waals surface area contributed by atoms with E-state index in [0.717, 1.165) is 0 Å². The van der Waals surface area contributed by atoms with Crippen LogP contribution in [0.1, 0.15) is 0 Å². The first-order chi connectivity index (χ1) is 24.2. The predicted octanol–water partition coefficient (Wildman–Crippen LogP) is 9.48. The number of hydrogen-bond acceptors (Lipinski definition) is 11. The maximum atomic E-state index is 7.53.